The lowest BCUT2D eigenvalue weighted by molar-refractivity contribution is -0.143. The van der Waals surface area contributed by atoms with Gasteiger partial charge in [-0.3, -0.25) is 4.79 Å². The zero-order valence-electron chi connectivity index (χ0n) is 10.3. The van der Waals surface area contributed by atoms with Crippen molar-refractivity contribution in [2.45, 2.75) is 32.7 Å². The molecule has 0 radical (unpaired) electrons. The van der Waals surface area contributed by atoms with Gasteiger partial charge in [-0.2, -0.15) is 0 Å². The Morgan fingerprint density at radius 3 is 2.18 bits per heavy atom. The third-order valence-corrected chi connectivity index (χ3v) is 2.58. The van der Waals surface area contributed by atoms with Crippen molar-refractivity contribution in [3.8, 4) is 0 Å². The van der Waals surface area contributed by atoms with Crippen LogP contribution in [0.5, 0.6) is 0 Å². The Hall–Kier alpha value is -1.79. The topological polar surface area (TPSA) is 113 Å². The van der Waals surface area contributed by atoms with E-state index in [2.05, 4.69) is 5.32 Å². The maximum atomic E-state index is 11.7. The molecule has 0 aromatic carbocycles. The number of nitrogens with two attached hydrogens (primary N) is 1. The first-order chi connectivity index (χ1) is 7.76. The molecule has 0 fully saturated rings. The summed E-state index contributed by atoms with van der Waals surface area (Å²) in [5, 5.41) is 11.4. The highest BCUT2D eigenvalue weighted by Crippen LogP contribution is 2.10. The number of hydrogen-bond acceptors (Lipinski definition) is 3. The molecule has 0 aliphatic heterocycles. The van der Waals surface area contributed by atoms with Gasteiger partial charge in [0.05, 0.1) is 0 Å². The van der Waals surface area contributed by atoms with E-state index in [1.54, 1.807) is 13.8 Å². The summed E-state index contributed by atoms with van der Waals surface area (Å²) in [6.45, 7) is 4.77. The van der Waals surface area contributed by atoms with Crippen LogP contribution in [-0.4, -0.2) is 46.5 Å². The number of aliphatic carboxylic acids is 1. The van der Waals surface area contributed by atoms with Crippen LogP contribution >= 0.6 is 0 Å². The molecule has 1 atom stereocenters. The number of carboxylic acid groups (broad SMARTS) is 1. The predicted molar refractivity (Wildman–Crippen MR) is 61.3 cm³/mol. The quantitative estimate of drug-likeness (QED) is 0.599. The molecule has 0 saturated carbocycles. The van der Waals surface area contributed by atoms with Crippen molar-refractivity contribution in [3.63, 3.8) is 0 Å². The summed E-state index contributed by atoms with van der Waals surface area (Å²) >= 11 is 0. The summed E-state index contributed by atoms with van der Waals surface area (Å²) < 4.78 is 0. The summed E-state index contributed by atoms with van der Waals surface area (Å²) in [4.78, 5) is 34.6. The van der Waals surface area contributed by atoms with E-state index in [0.29, 0.717) is 0 Å². The van der Waals surface area contributed by atoms with E-state index in [1.807, 2.05) is 0 Å². The van der Waals surface area contributed by atoms with E-state index in [0.717, 1.165) is 4.90 Å². The molecule has 98 valence electrons. The summed E-state index contributed by atoms with van der Waals surface area (Å²) in [6, 6.07) is -0.613. The largest absolute Gasteiger partial charge is 0.480 e. The van der Waals surface area contributed by atoms with Gasteiger partial charge in [0, 0.05) is 6.54 Å². The molecule has 0 spiro atoms. The molecule has 7 nitrogen and oxygen atoms in total. The lowest BCUT2D eigenvalue weighted by Crippen LogP contribution is -2.56. The van der Waals surface area contributed by atoms with Gasteiger partial charge in [-0.1, -0.05) is 6.92 Å². The second-order valence-corrected chi connectivity index (χ2v) is 3.90. The molecule has 0 aromatic heterocycles. The first kappa shape index (κ1) is 15.2. The number of rotatable bonds is 6. The number of carbonyl (C=O) groups excluding carboxylic acids is 2. The average Bonchev–Trinajstić information content (AvgIpc) is 2.24. The fourth-order valence-corrected chi connectivity index (χ4v) is 1.12. The number of hydrogen-bond donors (Lipinski definition) is 3. The van der Waals surface area contributed by atoms with E-state index in [9.17, 15) is 14.4 Å². The Bertz CT molecular complexity index is 319. The van der Waals surface area contributed by atoms with Crippen LogP contribution in [0.15, 0.2) is 0 Å². The molecule has 0 heterocycles. The van der Waals surface area contributed by atoms with Crippen molar-refractivity contribution >= 4 is 17.9 Å². The molecule has 17 heavy (non-hydrogen) atoms. The van der Waals surface area contributed by atoms with Gasteiger partial charge in [0.2, 0.25) is 5.91 Å². The Kier molecular flexibility index (Phi) is 5.43. The predicted octanol–water partition coefficient (Wildman–Crippen LogP) is -0.243. The number of primary amides is 1. The maximum Gasteiger partial charge on any atom is 0.329 e. The highest BCUT2D eigenvalue weighted by atomic mass is 16.4. The lowest BCUT2D eigenvalue weighted by atomic mass is 10.00. The van der Waals surface area contributed by atoms with Crippen LogP contribution < -0.4 is 11.1 Å². The van der Waals surface area contributed by atoms with Crippen molar-refractivity contribution in [1.29, 1.82) is 0 Å². The van der Waals surface area contributed by atoms with Crippen LogP contribution in [0.4, 0.5) is 4.79 Å². The Morgan fingerprint density at radius 1 is 1.35 bits per heavy atom. The van der Waals surface area contributed by atoms with Crippen molar-refractivity contribution in [2.75, 3.05) is 13.1 Å². The molecule has 0 rings (SSSR count). The van der Waals surface area contributed by atoms with E-state index in [-0.39, 0.29) is 19.5 Å². The minimum absolute atomic E-state index is 0.234. The molecule has 4 N–H and O–H groups in total. The van der Waals surface area contributed by atoms with E-state index in [1.165, 1.54) is 6.92 Å². The third-order valence-electron chi connectivity index (χ3n) is 2.58. The zero-order valence-corrected chi connectivity index (χ0v) is 10.3. The van der Waals surface area contributed by atoms with Gasteiger partial charge in [-0.05, 0) is 20.3 Å². The van der Waals surface area contributed by atoms with Crippen LogP contribution in [0, 0.1) is 0 Å². The second-order valence-electron chi connectivity index (χ2n) is 3.90. The van der Waals surface area contributed by atoms with Crippen LogP contribution in [0.2, 0.25) is 0 Å². The highest BCUT2D eigenvalue weighted by molar-refractivity contribution is 5.88. The van der Waals surface area contributed by atoms with Gasteiger partial charge < -0.3 is 21.1 Å². The number of amides is 3. The number of likely N-dealkylation sites (N-methyl/N-ethyl adjacent to an activating group) is 1. The molecule has 0 saturated heterocycles. The SMILES string of the molecule is CCN(CC(N)=O)C(=O)NC(C)(CC)C(=O)O. The first-order valence-electron chi connectivity index (χ1n) is 5.35. The van der Waals surface area contributed by atoms with Crippen molar-refractivity contribution < 1.29 is 19.5 Å². The van der Waals surface area contributed by atoms with Crippen LogP contribution in [0.1, 0.15) is 27.2 Å². The van der Waals surface area contributed by atoms with Gasteiger partial charge in [0.1, 0.15) is 12.1 Å². The molecule has 1 unspecified atom stereocenters. The van der Waals surface area contributed by atoms with Gasteiger partial charge in [-0.15, -0.1) is 0 Å². The fourth-order valence-electron chi connectivity index (χ4n) is 1.12. The first-order valence-corrected chi connectivity index (χ1v) is 5.35. The standard InChI is InChI=1S/C10H19N3O4/c1-4-10(3,8(15)16)12-9(17)13(5-2)6-7(11)14/h4-6H2,1-3H3,(H2,11,14)(H,12,17)(H,15,16). The van der Waals surface area contributed by atoms with E-state index in [4.69, 9.17) is 10.8 Å². The van der Waals surface area contributed by atoms with Crippen LogP contribution in [0.3, 0.4) is 0 Å². The molecule has 0 bridgehead atoms. The zero-order chi connectivity index (χ0) is 13.6. The average molecular weight is 245 g/mol. The Labute approximate surface area is 100.0 Å². The molecule has 0 aliphatic carbocycles. The van der Waals surface area contributed by atoms with Crippen molar-refractivity contribution in [2.24, 2.45) is 5.73 Å². The van der Waals surface area contributed by atoms with Gasteiger partial charge in [-0.25, -0.2) is 9.59 Å². The van der Waals surface area contributed by atoms with Crippen molar-refractivity contribution in [3.05, 3.63) is 0 Å². The summed E-state index contributed by atoms with van der Waals surface area (Å²) in [5.41, 5.74) is 3.64. The van der Waals surface area contributed by atoms with Crippen LogP contribution in [0.25, 0.3) is 0 Å². The number of carboxylic acids is 1. The second kappa shape index (κ2) is 6.07. The maximum absolute atomic E-state index is 11.7. The number of nitrogens with zero attached hydrogens (tertiary/aromatic N) is 1. The third kappa shape index (κ3) is 4.29. The molecular formula is C10H19N3O4. The van der Waals surface area contributed by atoms with Crippen LogP contribution in [-0.2, 0) is 9.59 Å². The fraction of sp³-hybridized carbons (Fsp3) is 0.700. The molecule has 0 aromatic rings. The Balaban J connectivity index is 4.70. The smallest absolute Gasteiger partial charge is 0.329 e. The molecular weight excluding hydrogens is 226 g/mol. The minimum Gasteiger partial charge on any atom is -0.480 e. The Morgan fingerprint density at radius 2 is 1.88 bits per heavy atom. The van der Waals surface area contributed by atoms with Gasteiger partial charge in [0.25, 0.3) is 0 Å². The van der Waals surface area contributed by atoms with E-state index >= 15 is 0 Å². The summed E-state index contributed by atoms with van der Waals surface area (Å²) in [6.07, 6.45) is 0.238. The van der Waals surface area contributed by atoms with Gasteiger partial charge in [0.15, 0.2) is 0 Å². The normalized spacial score (nSPS) is 13.6. The lowest BCUT2D eigenvalue weighted by Gasteiger charge is -2.28. The molecule has 3 amide bonds. The minimum atomic E-state index is -1.35. The van der Waals surface area contributed by atoms with Gasteiger partial charge >= 0.3 is 12.0 Å². The highest BCUT2D eigenvalue weighted by Gasteiger charge is 2.34. The molecule has 0 aliphatic rings. The summed E-state index contributed by atoms with van der Waals surface area (Å²) in [7, 11) is 0. The van der Waals surface area contributed by atoms with Crippen molar-refractivity contribution in [1.82, 2.24) is 10.2 Å². The molecule has 7 heteroatoms. The summed E-state index contributed by atoms with van der Waals surface area (Å²) in [5.74, 6) is -1.76. The van der Waals surface area contributed by atoms with E-state index < -0.39 is 23.4 Å². The number of carbonyl (C=O) groups is 3. The number of urea groups is 1. The number of nitrogens with one attached hydrogen (secondary N) is 1. The monoisotopic (exact) mass is 245 g/mol.